The second-order valence-corrected chi connectivity index (χ2v) is 7.09. The smallest absolute Gasteiger partial charge is 0.291 e. The fourth-order valence-electron chi connectivity index (χ4n) is 2.42. The number of ether oxygens (including phenoxy) is 2. The van der Waals surface area contributed by atoms with Crippen molar-refractivity contribution in [2.45, 2.75) is 0 Å². The zero-order valence-corrected chi connectivity index (χ0v) is 15.1. The van der Waals surface area contributed by atoms with Crippen LogP contribution < -0.4 is 19.6 Å². The van der Waals surface area contributed by atoms with Crippen LogP contribution in [0.3, 0.4) is 0 Å². The van der Waals surface area contributed by atoms with Crippen LogP contribution in [-0.2, 0) is 0 Å². The van der Waals surface area contributed by atoms with Gasteiger partial charge in [0.1, 0.15) is 11.5 Å². The third-order valence-corrected chi connectivity index (χ3v) is 5.48. The fraction of sp³-hybridized carbons (Fsp3) is 0.118. The molecular weight excluding hydrogens is 358 g/mol. The Hall–Kier alpha value is -2.71. The van der Waals surface area contributed by atoms with E-state index in [4.69, 9.17) is 9.47 Å². The predicted octanol–water partition coefficient (Wildman–Crippen LogP) is 2.44. The largest absolute Gasteiger partial charge is 0.497 e. The Morgan fingerprint density at radius 1 is 1.20 bits per heavy atom. The Labute approximate surface area is 150 Å². The van der Waals surface area contributed by atoms with E-state index in [0.29, 0.717) is 26.8 Å². The predicted molar refractivity (Wildman–Crippen MR) is 98.8 cm³/mol. The second-order valence-electron chi connectivity index (χ2n) is 5.13. The molecule has 1 aromatic carbocycles. The van der Waals surface area contributed by atoms with Crippen LogP contribution in [0, 0.1) is 0 Å². The highest BCUT2D eigenvalue weighted by Gasteiger charge is 2.13. The fourth-order valence-corrected chi connectivity index (χ4v) is 3.97. The molecule has 0 atom stereocenters. The van der Waals surface area contributed by atoms with Crippen molar-refractivity contribution < 1.29 is 9.47 Å². The number of methoxy groups -OCH3 is 2. The number of rotatable bonds is 4. The van der Waals surface area contributed by atoms with E-state index in [1.165, 1.54) is 15.9 Å². The monoisotopic (exact) mass is 371 g/mol. The first-order chi connectivity index (χ1) is 12.2. The number of thiophene rings is 1. The molecule has 4 aromatic rings. The maximum atomic E-state index is 12.6. The lowest BCUT2D eigenvalue weighted by Gasteiger charge is -2.06. The molecule has 4 rings (SSSR count). The van der Waals surface area contributed by atoms with Crippen molar-refractivity contribution in [3.8, 4) is 22.2 Å². The summed E-state index contributed by atoms with van der Waals surface area (Å²) in [5, 5.41) is 6.29. The summed E-state index contributed by atoms with van der Waals surface area (Å²) in [4.78, 5) is 18.6. The lowest BCUT2D eigenvalue weighted by molar-refractivity contribution is 0.393. The Morgan fingerprint density at radius 2 is 2.08 bits per heavy atom. The third-order valence-electron chi connectivity index (χ3n) is 3.65. The average molecular weight is 371 g/mol. The van der Waals surface area contributed by atoms with Gasteiger partial charge in [0, 0.05) is 11.6 Å². The molecule has 0 amide bonds. The minimum absolute atomic E-state index is 0.187. The normalized spacial score (nSPS) is 12.0. The Kier molecular flexibility index (Phi) is 3.98. The molecule has 0 spiro atoms. The molecule has 0 bridgehead atoms. The van der Waals surface area contributed by atoms with Gasteiger partial charge in [0.05, 0.1) is 23.6 Å². The van der Waals surface area contributed by atoms with E-state index in [1.54, 1.807) is 37.7 Å². The number of hydrogen-bond acceptors (Lipinski definition) is 7. The molecule has 0 fully saturated rings. The Balaban J connectivity index is 1.82. The molecule has 0 saturated carbocycles. The van der Waals surface area contributed by atoms with Gasteiger partial charge >= 0.3 is 0 Å². The molecule has 0 radical (unpaired) electrons. The van der Waals surface area contributed by atoms with Crippen LogP contribution in [0.4, 0.5) is 0 Å². The van der Waals surface area contributed by atoms with Crippen LogP contribution in [0.5, 0.6) is 11.5 Å². The van der Waals surface area contributed by atoms with E-state index in [-0.39, 0.29) is 5.56 Å². The van der Waals surface area contributed by atoms with E-state index >= 15 is 0 Å². The lowest BCUT2D eigenvalue weighted by atomic mass is 10.2. The van der Waals surface area contributed by atoms with Gasteiger partial charge in [0.2, 0.25) is 4.96 Å². The van der Waals surface area contributed by atoms with Crippen LogP contribution in [0.25, 0.3) is 21.7 Å². The van der Waals surface area contributed by atoms with E-state index in [1.807, 2.05) is 29.6 Å². The Morgan fingerprint density at radius 3 is 2.76 bits per heavy atom. The van der Waals surface area contributed by atoms with E-state index in [2.05, 4.69) is 10.1 Å². The van der Waals surface area contributed by atoms with Gasteiger partial charge in [-0.15, -0.1) is 16.4 Å². The summed E-state index contributed by atoms with van der Waals surface area (Å²) >= 11 is 2.85. The molecule has 0 aliphatic heterocycles. The molecule has 126 valence electrons. The van der Waals surface area contributed by atoms with Crippen molar-refractivity contribution in [2.24, 2.45) is 0 Å². The molecule has 3 heterocycles. The lowest BCUT2D eigenvalue weighted by Crippen LogP contribution is -2.23. The number of aromatic nitrogens is 3. The van der Waals surface area contributed by atoms with Crippen LogP contribution in [0.2, 0.25) is 0 Å². The maximum absolute atomic E-state index is 12.6. The molecular formula is C17H13N3O3S2. The number of nitrogens with zero attached hydrogens (tertiary/aromatic N) is 3. The van der Waals surface area contributed by atoms with Gasteiger partial charge < -0.3 is 9.47 Å². The quantitative estimate of drug-likeness (QED) is 0.551. The van der Waals surface area contributed by atoms with Crippen molar-refractivity contribution in [1.29, 1.82) is 0 Å². The molecule has 6 nitrogen and oxygen atoms in total. The van der Waals surface area contributed by atoms with E-state index in [0.717, 1.165) is 10.4 Å². The molecule has 3 aromatic heterocycles. The van der Waals surface area contributed by atoms with Crippen molar-refractivity contribution in [1.82, 2.24) is 14.6 Å². The Bertz CT molecular complexity index is 1150. The van der Waals surface area contributed by atoms with Gasteiger partial charge in [-0.25, -0.2) is 0 Å². The third kappa shape index (κ3) is 2.79. The number of fused-ring (bicyclic) bond motifs is 1. The number of benzene rings is 1. The highest BCUT2D eigenvalue weighted by molar-refractivity contribution is 7.15. The van der Waals surface area contributed by atoms with Crippen LogP contribution in [0.15, 0.2) is 40.5 Å². The first-order valence-electron chi connectivity index (χ1n) is 7.37. The number of hydrogen-bond donors (Lipinski definition) is 0. The summed E-state index contributed by atoms with van der Waals surface area (Å²) in [7, 11) is 3.18. The minimum atomic E-state index is -0.187. The summed E-state index contributed by atoms with van der Waals surface area (Å²) in [6.07, 6.45) is 1.78. The zero-order valence-electron chi connectivity index (χ0n) is 13.4. The number of thiazole rings is 1. The van der Waals surface area contributed by atoms with E-state index < -0.39 is 0 Å². The van der Waals surface area contributed by atoms with Gasteiger partial charge in [-0.1, -0.05) is 17.4 Å². The standard InChI is InChI=1S/C17H13N3O3S2/c1-22-11-6-5-10(12(9-11)23-2)8-14-16(21)20-17(25-14)18-15(19-20)13-4-3-7-24-13/h3-9H,1-2H3/b14-8-. The second kappa shape index (κ2) is 6.30. The van der Waals surface area contributed by atoms with Gasteiger partial charge in [-0.3, -0.25) is 4.79 Å². The highest BCUT2D eigenvalue weighted by atomic mass is 32.1. The van der Waals surface area contributed by atoms with Gasteiger partial charge in [0.25, 0.3) is 5.56 Å². The molecule has 0 aliphatic rings. The van der Waals surface area contributed by atoms with Crippen LogP contribution in [0.1, 0.15) is 5.56 Å². The maximum Gasteiger partial charge on any atom is 0.291 e. The summed E-state index contributed by atoms with van der Waals surface area (Å²) in [6, 6.07) is 9.32. The van der Waals surface area contributed by atoms with E-state index in [9.17, 15) is 4.79 Å². The van der Waals surface area contributed by atoms with Crippen molar-refractivity contribution in [2.75, 3.05) is 14.2 Å². The van der Waals surface area contributed by atoms with Gasteiger partial charge in [-0.05, 0) is 29.7 Å². The molecule has 25 heavy (non-hydrogen) atoms. The molecule has 8 heteroatoms. The molecule has 0 saturated heterocycles. The first-order valence-corrected chi connectivity index (χ1v) is 9.06. The summed E-state index contributed by atoms with van der Waals surface area (Å²) in [5.41, 5.74) is 0.608. The first kappa shape index (κ1) is 15.8. The molecule has 0 N–H and O–H groups in total. The summed E-state index contributed by atoms with van der Waals surface area (Å²) in [6.45, 7) is 0. The van der Waals surface area contributed by atoms with Gasteiger partial charge in [-0.2, -0.15) is 9.50 Å². The van der Waals surface area contributed by atoms with Crippen LogP contribution in [-0.4, -0.2) is 28.8 Å². The van der Waals surface area contributed by atoms with Gasteiger partial charge in [0.15, 0.2) is 5.82 Å². The molecule has 0 unspecified atom stereocenters. The van der Waals surface area contributed by atoms with Crippen LogP contribution >= 0.6 is 22.7 Å². The topological polar surface area (TPSA) is 65.7 Å². The van der Waals surface area contributed by atoms with Crippen molar-refractivity contribution >= 4 is 33.7 Å². The summed E-state index contributed by atoms with van der Waals surface area (Å²) in [5.74, 6) is 1.91. The molecule has 0 aliphatic carbocycles. The highest BCUT2D eigenvalue weighted by Crippen LogP contribution is 2.25. The minimum Gasteiger partial charge on any atom is -0.497 e. The average Bonchev–Trinajstić information content (AvgIpc) is 3.34. The van der Waals surface area contributed by atoms with Crippen molar-refractivity contribution in [3.63, 3.8) is 0 Å². The zero-order chi connectivity index (χ0) is 17.4. The van der Waals surface area contributed by atoms with Crippen molar-refractivity contribution in [3.05, 3.63) is 56.2 Å². The SMILES string of the molecule is COc1ccc(/C=c2\sc3nc(-c4cccs4)nn3c2=O)c(OC)c1. The summed E-state index contributed by atoms with van der Waals surface area (Å²) < 4.78 is 12.5.